The molecule has 5 nitrogen and oxygen atoms in total. The van der Waals surface area contributed by atoms with Gasteiger partial charge in [-0.1, -0.05) is 0 Å². The van der Waals surface area contributed by atoms with E-state index in [1.54, 1.807) is 18.6 Å². The number of likely N-dealkylation sites (tertiary alicyclic amines) is 1. The lowest BCUT2D eigenvalue weighted by molar-refractivity contribution is 0.0527. The van der Waals surface area contributed by atoms with Gasteiger partial charge in [-0.05, 0) is 24.3 Å². The van der Waals surface area contributed by atoms with Crippen LogP contribution in [0.2, 0.25) is 0 Å². The Morgan fingerprint density at radius 1 is 1.45 bits per heavy atom. The van der Waals surface area contributed by atoms with Gasteiger partial charge in [0.1, 0.15) is 6.10 Å². The molecule has 0 bridgehead atoms. The zero-order chi connectivity index (χ0) is 13.8. The molecule has 2 aromatic heterocycles. The molecule has 1 atom stereocenters. The molecule has 20 heavy (non-hydrogen) atoms. The van der Waals surface area contributed by atoms with Crippen molar-refractivity contribution in [1.82, 2.24) is 14.9 Å². The van der Waals surface area contributed by atoms with Crippen molar-refractivity contribution in [3.05, 3.63) is 41.0 Å². The maximum Gasteiger partial charge on any atom is 0.254 e. The molecule has 6 heteroatoms. The van der Waals surface area contributed by atoms with Gasteiger partial charge < -0.3 is 9.64 Å². The van der Waals surface area contributed by atoms with Gasteiger partial charge in [-0.15, -0.1) is 0 Å². The fourth-order valence-electron chi connectivity index (χ4n) is 2.30. The minimum absolute atomic E-state index is 0.0111. The molecule has 2 aromatic rings. The lowest BCUT2D eigenvalue weighted by atomic mass is 10.1. The van der Waals surface area contributed by atoms with E-state index in [0.717, 1.165) is 24.9 Å². The molecule has 0 saturated carbocycles. The lowest BCUT2D eigenvalue weighted by Gasteiger charge is -2.32. The number of amides is 1. The molecule has 0 aromatic carbocycles. The van der Waals surface area contributed by atoms with E-state index in [1.165, 1.54) is 11.3 Å². The van der Waals surface area contributed by atoms with Crippen LogP contribution in [0.15, 0.2) is 35.4 Å². The summed E-state index contributed by atoms with van der Waals surface area (Å²) in [5, 5.41) is 3.81. The van der Waals surface area contributed by atoms with Crippen molar-refractivity contribution in [3.63, 3.8) is 0 Å². The average molecular weight is 289 g/mol. The summed E-state index contributed by atoms with van der Waals surface area (Å²) in [5.41, 5.74) is 0.759. The van der Waals surface area contributed by atoms with Crippen LogP contribution in [-0.2, 0) is 0 Å². The minimum Gasteiger partial charge on any atom is -0.471 e. The van der Waals surface area contributed by atoms with Crippen LogP contribution in [0.1, 0.15) is 23.2 Å². The number of rotatable bonds is 3. The Hall–Kier alpha value is -1.95. The normalized spacial score (nSPS) is 18.8. The number of hydrogen-bond donors (Lipinski definition) is 0. The third-order valence-electron chi connectivity index (χ3n) is 3.26. The summed E-state index contributed by atoms with van der Waals surface area (Å²) in [6.07, 6.45) is 6.68. The van der Waals surface area contributed by atoms with Gasteiger partial charge in [-0.3, -0.25) is 9.78 Å². The number of carbonyl (C=O) groups is 1. The van der Waals surface area contributed by atoms with Crippen LogP contribution in [0.3, 0.4) is 0 Å². The van der Waals surface area contributed by atoms with Crippen molar-refractivity contribution < 1.29 is 9.53 Å². The Morgan fingerprint density at radius 3 is 3.15 bits per heavy atom. The third-order valence-corrected chi connectivity index (χ3v) is 3.94. The molecule has 1 saturated heterocycles. The number of aromatic nitrogens is 2. The van der Waals surface area contributed by atoms with Crippen molar-refractivity contribution in [3.8, 4) is 5.88 Å². The van der Waals surface area contributed by atoms with E-state index in [2.05, 4.69) is 9.97 Å². The number of nitrogens with zero attached hydrogens (tertiary/aromatic N) is 3. The van der Waals surface area contributed by atoms with Crippen LogP contribution in [0.4, 0.5) is 0 Å². The maximum atomic E-state index is 12.3. The quantitative estimate of drug-likeness (QED) is 0.869. The molecule has 104 valence electrons. The predicted molar refractivity (Wildman–Crippen MR) is 75.9 cm³/mol. The van der Waals surface area contributed by atoms with Crippen molar-refractivity contribution in [2.75, 3.05) is 13.1 Å². The Bertz CT molecular complexity index is 559. The summed E-state index contributed by atoms with van der Waals surface area (Å²) in [4.78, 5) is 22.2. The summed E-state index contributed by atoms with van der Waals surface area (Å²) in [5.74, 6) is 0.598. The van der Waals surface area contributed by atoms with Crippen molar-refractivity contribution >= 4 is 17.2 Å². The van der Waals surface area contributed by atoms with Crippen LogP contribution in [0.5, 0.6) is 5.88 Å². The molecular weight excluding hydrogens is 274 g/mol. The third kappa shape index (κ3) is 2.96. The fourth-order valence-corrected chi connectivity index (χ4v) is 2.93. The smallest absolute Gasteiger partial charge is 0.254 e. The largest absolute Gasteiger partial charge is 0.471 e. The number of piperidine rings is 1. The first-order valence-corrected chi connectivity index (χ1v) is 7.51. The van der Waals surface area contributed by atoms with E-state index in [0.29, 0.717) is 12.4 Å². The molecule has 0 radical (unpaired) electrons. The van der Waals surface area contributed by atoms with Gasteiger partial charge in [-0.25, -0.2) is 4.98 Å². The molecule has 3 heterocycles. The number of hydrogen-bond acceptors (Lipinski definition) is 5. The molecule has 1 aliphatic heterocycles. The summed E-state index contributed by atoms with van der Waals surface area (Å²) in [6.45, 7) is 1.39. The van der Waals surface area contributed by atoms with Gasteiger partial charge in [0.25, 0.3) is 5.91 Å². The van der Waals surface area contributed by atoms with Crippen LogP contribution in [-0.4, -0.2) is 40.0 Å². The van der Waals surface area contributed by atoms with Gasteiger partial charge in [0.15, 0.2) is 0 Å². The molecular formula is C14H15N3O2S. The lowest BCUT2D eigenvalue weighted by Crippen LogP contribution is -2.44. The summed E-state index contributed by atoms with van der Waals surface area (Å²) in [7, 11) is 0. The topological polar surface area (TPSA) is 55.3 Å². The summed E-state index contributed by atoms with van der Waals surface area (Å²) >= 11 is 1.54. The molecule has 0 aliphatic carbocycles. The molecule has 3 rings (SSSR count). The zero-order valence-electron chi connectivity index (χ0n) is 10.9. The second-order valence-corrected chi connectivity index (χ2v) is 5.47. The second-order valence-electron chi connectivity index (χ2n) is 4.69. The number of thiophene rings is 1. The SMILES string of the molecule is O=C(c1ccsc1)N1CCC[C@@H](Oc2cnccn2)C1. The van der Waals surface area contributed by atoms with E-state index < -0.39 is 0 Å². The van der Waals surface area contributed by atoms with E-state index in [-0.39, 0.29) is 12.0 Å². The van der Waals surface area contributed by atoms with Crippen LogP contribution in [0.25, 0.3) is 0 Å². The Morgan fingerprint density at radius 2 is 2.40 bits per heavy atom. The molecule has 1 amide bonds. The van der Waals surface area contributed by atoms with Gasteiger partial charge in [0.2, 0.25) is 5.88 Å². The van der Waals surface area contributed by atoms with Crippen LogP contribution >= 0.6 is 11.3 Å². The fraction of sp³-hybridized carbons (Fsp3) is 0.357. The monoisotopic (exact) mass is 289 g/mol. The summed E-state index contributed by atoms with van der Waals surface area (Å²) < 4.78 is 5.79. The average Bonchev–Trinajstić information content (AvgIpc) is 3.02. The Kier molecular flexibility index (Phi) is 3.92. The van der Waals surface area contributed by atoms with Gasteiger partial charge in [-0.2, -0.15) is 11.3 Å². The van der Waals surface area contributed by atoms with E-state index >= 15 is 0 Å². The van der Waals surface area contributed by atoms with E-state index in [4.69, 9.17) is 4.74 Å². The predicted octanol–water partition coefficient (Wildman–Crippen LogP) is 2.22. The highest BCUT2D eigenvalue weighted by Gasteiger charge is 2.26. The van der Waals surface area contributed by atoms with Gasteiger partial charge in [0, 0.05) is 24.3 Å². The molecule has 0 N–H and O–H groups in total. The van der Waals surface area contributed by atoms with Crippen LogP contribution in [0, 0.1) is 0 Å². The number of ether oxygens (including phenoxy) is 1. The first-order chi connectivity index (χ1) is 9.83. The van der Waals surface area contributed by atoms with Crippen molar-refractivity contribution in [2.45, 2.75) is 18.9 Å². The first kappa shape index (κ1) is 13.1. The van der Waals surface area contributed by atoms with E-state index in [1.807, 2.05) is 21.7 Å². The van der Waals surface area contributed by atoms with Crippen LogP contribution < -0.4 is 4.74 Å². The Labute approximate surface area is 121 Å². The standard InChI is InChI=1S/C14H15N3O2S/c18-14(11-3-7-20-10-11)17-6-1-2-12(9-17)19-13-8-15-4-5-16-13/h3-5,7-8,10,12H,1-2,6,9H2/t12-/m1/s1. The highest BCUT2D eigenvalue weighted by molar-refractivity contribution is 7.08. The summed E-state index contributed by atoms with van der Waals surface area (Å²) in [6, 6.07) is 1.86. The van der Waals surface area contributed by atoms with Crippen molar-refractivity contribution in [2.24, 2.45) is 0 Å². The highest BCUT2D eigenvalue weighted by Crippen LogP contribution is 2.18. The molecule has 0 unspecified atom stereocenters. The van der Waals surface area contributed by atoms with Gasteiger partial charge >= 0.3 is 0 Å². The zero-order valence-corrected chi connectivity index (χ0v) is 11.8. The molecule has 1 aliphatic rings. The number of carbonyl (C=O) groups excluding carboxylic acids is 1. The highest BCUT2D eigenvalue weighted by atomic mass is 32.1. The minimum atomic E-state index is -0.0111. The molecule has 0 spiro atoms. The first-order valence-electron chi connectivity index (χ1n) is 6.57. The van der Waals surface area contributed by atoms with Gasteiger partial charge in [0.05, 0.1) is 18.3 Å². The van der Waals surface area contributed by atoms with Crippen molar-refractivity contribution in [1.29, 1.82) is 0 Å². The Balaban J connectivity index is 1.63. The van der Waals surface area contributed by atoms with E-state index in [9.17, 15) is 4.79 Å². The molecule has 1 fully saturated rings. The maximum absolute atomic E-state index is 12.3. The second kappa shape index (κ2) is 6.00.